The number of nitrogens with zero attached hydrogens (tertiary/aromatic N) is 1. The predicted octanol–water partition coefficient (Wildman–Crippen LogP) is 2.63. The Balaban J connectivity index is 1.56. The highest BCUT2D eigenvalue weighted by molar-refractivity contribution is 5.89. The summed E-state index contributed by atoms with van der Waals surface area (Å²) in [5.41, 5.74) is 1.23. The van der Waals surface area contributed by atoms with E-state index in [0.29, 0.717) is 11.3 Å². The van der Waals surface area contributed by atoms with Crippen molar-refractivity contribution in [2.45, 2.75) is 25.2 Å². The molecule has 8 heteroatoms. The monoisotopic (exact) mass is 385 g/mol. The fourth-order valence-corrected chi connectivity index (χ4v) is 3.00. The molecule has 1 aliphatic rings. The molecule has 0 aliphatic carbocycles. The van der Waals surface area contributed by atoms with Gasteiger partial charge in [0.05, 0.1) is 12.1 Å². The molecule has 2 aromatic rings. The second-order valence-electron chi connectivity index (χ2n) is 6.35. The Morgan fingerprint density at radius 2 is 1.68 bits per heavy atom. The Labute approximate surface area is 160 Å². The van der Waals surface area contributed by atoms with Gasteiger partial charge in [-0.3, -0.25) is 4.90 Å². The Kier molecular flexibility index (Phi) is 5.78. The average molecular weight is 385 g/mol. The number of aliphatic carboxylic acids is 1. The normalized spacial score (nSPS) is 18.5. The third-order valence-electron chi connectivity index (χ3n) is 4.40. The summed E-state index contributed by atoms with van der Waals surface area (Å²) in [4.78, 5) is 35.3. The first kappa shape index (κ1) is 19.2. The molecule has 146 valence electrons. The molecule has 1 fully saturated rings. The van der Waals surface area contributed by atoms with E-state index < -0.39 is 30.2 Å². The number of ether oxygens (including phenoxy) is 2. The summed E-state index contributed by atoms with van der Waals surface area (Å²) < 4.78 is 10.9. The van der Waals surface area contributed by atoms with Gasteiger partial charge in [-0.25, -0.2) is 14.4 Å². The van der Waals surface area contributed by atoms with Gasteiger partial charge >= 0.3 is 18.0 Å². The highest BCUT2D eigenvalue weighted by atomic mass is 16.5. The summed E-state index contributed by atoms with van der Waals surface area (Å²) >= 11 is 0. The van der Waals surface area contributed by atoms with Crippen LogP contribution in [0.1, 0.15) is 22.3 Å². The Hall–Kier alpha value is -3.55. The fourth-order valence-electron chi connectivity index (χ4n) is 3.00. The first-order valence-electron chi connectivity index (χ1n) is 8.64. The van der Waals surface area contributed by atoms with Gasteiger partial charge in [0.25, 0.3) is 0 Å². The lowest BCUT2D eigenvalue weighted by molar-refractivity contribution is -0.141. The summed E-state index contributed by atoms with van der Waals surface area (Å²) in [6, 6.07) is 14.4. The molecule has 1 saturated heterocycles. The number of rotatable bonds is 6. The summed E-state index contributed by atoms with van der Waals surface area (Å²) in [5, 5.41) is 18.2. The molecule has 2 aromatic carbocycles. The first-order chi connectivity index (χ1) is 13.4. The van der Waals surface area contributed by atoms with E-state index in [1.807, 2.05) is 30.3 Å². The van der Waals surface area contributed by atoms with Crippen molar-refractivity contribution in [3.05, 3.63) is 65.7 Å². The minimum atomic E-state index is -1.30. The van der Waals surface area contributed by atoms with E-state index in [1.54, 1.807) is 24.3 Å². The van der Waals surface area contributed by atoms with Gasteiger partial charge in [0, 0.05) is 6.42 Å². The molecule has 0 saturated carbocycles. The van der Waals surface area contributed by atoms with Crippen molar-refractivity contribution in [3.8, 4) is 5.75 Å². The van der Waals surface area contributed by atoms with Crippen LogP contribution in [-0.4, -0.2) is 51.8 Å². The molecule has 2 atom stereocenters. The van der Waals surface area contributed by atoms with Crippen LogP contribution in [0.5, 0.6) is 5.75 Å². The van der Waals surface area contributed by atoms with Crippen LogP contribution in [0, 0.1) is 0 Å². The van der Waals surface area contributed by atoms with Gasteiger partial charge in [-0.15, -0.1) is 0 Å². The quantitative estimate of drug-likeness (QED) is 0.735. The highest BCUT2D eigenvalue weighted by Crippen LogP contribution is 2.24. The molecular weight excluding hydrogens is 366 g/mol. The number of esters is 1. The number of hydrogen-bond donors (Lipinski definition) is 2. The molecular formula is C20H19NO7. The van der Waals surface area contributed by atoms with Crippen molar-refractivity contribution in [1.29, 1.82) is 0 Å². The number of benzene rings is 2. The average Bonchev–Trinajstić information content (AvgIpc) is 3.12. The first-order valence-corrected chi connectivity index (χ1v) is 8.64. The number of carbonyl (C=O) groups is 3. The van der Waals surface area contributed by atoms with Gasteiger partial charge in [0.2, 0.25) is 0 Å². The van der Waals surface area contributed by atoms with E-state index in [-0.39, 0.29) is 19.6 Å². The summed E-state index contributed by atoms with van der Waals surface area (Å²) in [7, 11) is 0. The lowest BCUT2D eigenvalue weighted by Gasteiger charge is -2.16. The lowest BCUT2D eigenvalue weighted by atomic mass is 10.2. The topological polar surface area (TPSA) is 113 Å². The Morgan fingerprint density at radius 3 is 2.25 bits per heavy atom. The minimum Gasteiger partial charge on any atom is -0.488 e. The van der Waals surface area contributed by atoms with Crippen molar-refractivity contribution < 1.29 is 34.1 Å². The molecule has 2 N–H and O–H groups in total. The van der Waals surface area contributed by atoms with E-state index in [1.165, 1.54) is 0 Å². The Morgan fingerprint density at radius 1 is 1.00 bits per heavy atom. The summed E-state index contributed by atoms with van der Waals surface area (Å²) in [5.74, 6) is -1.26. The molecule has 0 unspecified atom stereocenters. The van der Waals surface area contributed by atoms with Crippen LogP contribution in [-0.2, 0) is 16.1 Å². The molecule has 1 aliphatic heterocycles. The summed E-state index contributed by atoms with van der Waals surface area (Å²) in [6.45, 7) is 0.134. The standard InChI is InChI=1S/C20H19NO7/c22-18(23)17-10-16(11-21(17)20(25)26)28-15-8-6-14(7-9-15)19(24)27-12-13-4-2-1-3-5-13/h1-9,16-17H,10-12H2,(H,22,23)(H,25,26)/t16-,17-/m0/s1. The third-order valence-corrected chi connectivity index (χ3v) is 4.40. The molecule has 28 heavy (non-hydrogen) atoms. The van der Waals surface area contributed by atoms with Crippen LogP contribution >= 0.6 is 0 Å². The zero-order valence-electron chi connectivity index (χ0n) is 14.9. The van der Waals surface area contributed by atoms with Crippen LogP contribution in [0.15, 0.2) is 54.6 Å². The van der Waals surface area contributed by atoms with Crippen LogP contribution < -0.4 is 4.74 Å². The molecule has 3 rings (SSSR count). The number of hydrogen-bond acceptors (Lipinski definition) is 5. The number of amides is 1. The predicted molar refractivity (Wildman–Crippen MR) is 97.2 cm³/mol. The van der Waals surface area contributed by atoms with Crippen LogP contribution in [0.4, 0.5) is 4.79 Å². The van der Waals surface area contributed by atoms with E-state index >= 15 is 0 Å². The maximum Gasteiger partial charge on any atom is 0.408 e. The number of carbonyl (C=O) groups excluding carboxylic acids is 1. The third kappa shape index (κ3) is 4.59. The highest BCUT2D eigenvalue weighted by Gasteiger charge is 2.40. The number of likely N-dealkylation sites (tertiary alicyclic amines) is 1. The van der Waals surface area contributed by atoms with Gasteiger partial charge in [-0.1, -0.05) is 30.3 Å². The summed E-state index contributed by atoms with van der Waals surface area (Å²) in [6.07, 6.45) is -1.81. The largest absolute Gasteiger partial charge is 0.488 e. The minimum absolute atomic E-state index is 0.0346. The van der Waals surface area contributed by atoms with Crippen molar-refractivity contribution >= 4 is 18.0 Å². The van der Waals surface area contributed by atoms with Crippen molar-refractivity contribution in [2.24, 2.45) is 0 Å². The molecule has 0 radical (unpaired) electrons. The van der Waals surface area contributed by atoms with Gasteiger partial charge in [0.1, 0.15) is 24.5 Å². The SMILES string of the molecule is O=C(OCc1ccccc1)c1ccc(O[C@H]2C[C@@H](C(=O)O)N(C(=O)O)C2)cc1. The maximum absolute atomic E-state index is 12.1. The van der Waals surface area contributed by atoms with Crippen molar-refractivity contribution in [1.82, 2.24) is 4.90 Å². The van der Waals surface area contributed by atoms with Gasteiger partial charge in [-0.2, -0.15) is 0 Å². The Bertz CT molecular complexity index is 829. The molecule has 1 amide bonds. The van der Waals surface area contributed by atoms with Crippen LogP contribution in [0.25, 0.3) is 0 Å². The van der Waals surface area contributed by atoms with Crippen LogP contribution in [0.2, 0.25) is 0 Å². The molecule has 1 heterocycles. The zero-order valence-corrected chi connectivity index (χ0v) is 14.9. The molecule has 0 aromatic heterocycles. The second kappa shape index (κ2) is 8.43. The molecule has 8 nitrogen and oxygen atoms in total. The second-order valence-corrected chi connectivity index (χ2v) is 6.35. The van der Waals surface area contributed by atoms with E-state index in [2.05, 4.69) is 0 Å². The maximum atomic E-state index is 12.1. The number of carboxylic acid groups (broad SMARTS) is 2. The zero-order chi connectivity index (χ0) is 20.1. The van der Waals surface area contributed by atoms with Gasteiger partial charge < -0.3 is 19.7 Å². The van der Waals surface area contributed by atoms with E-state index in [4.69, 9.17) is 19.7 Å². The lowest BCUT2D eigenvalue weighted by Crippen LogP contribution is -2.39. The van der Waals surface area contributed by atoms with E-state index in [9.17, 15) is 14.4 Å². The number of carboxylic acids is 1. The van der Waals surface area contributed by atoms with Crippen molar-refractivity contribution in [3.63, 3.8) is 0 Å². The van der Waals surface area contributed by atoms with Gasteiger partial charge in [0.15, 0.2) is 0 Å². The molecule has 0 spiro atoms. The smallest absolute Gasteiger partial charge is 0.408 e. The van der Waals surface area contributed by atoms with Crippen molar-refractivity contribution in [2.75, 3.05) is 6.54 Å². The fraction of sp³-hybridized carbons (Fsp3) is 0.250. The molecule has 0 bridgehead atoms. The van der Waals surface area contributed by atoms with E-state index in [0.717, 1.165) is 10.5 Å². The van der Waals surface area contributed by atoms with Gasteiger partial charge in [-0.05, 0) is 29.8 Å². The van der Waals surface area contributed by atoms with Crippen LogP contribution in [0.3, 0.4) is 0 Å².